The minimum absolute atomic E-state index is 0.0265. The molecule has 0 fully saturated rings. The van der Waals surface area contributed by atoms with E-state index in [-0.39, 0.29) is 17.4 Å². The van der Waals surface area contributed by atoms with Crippen LogP contribution >= 0.6 is 11.6 Å². The zero-order valence-electron chi connectivity index (χ0n) is 9.65. The Labute approximate surface area is 109 Å². The first kappa shape index (κ1) is 12.6. The number of ether oxygens (including phenoxy) is 1. The van der Waals surface area contributed by atoms with Gasteiger partial charge < -0.3 is 10.1 Å². The van der Waals surface area contributed by atoms with E-state index in [0.29, 0.717) is 11.5 Å². The normalized spacial score (nSPS) is 10.2. The molecule has 2 rings (SSSR count). The second kappa shape index (κ2) is 5.64. The van der Waals surface area contributed by atoms with Crippen LogP contribution in [0.3, 0.4) is 0 Å². The molecule has 6 heteroatoms. The van der Waals surface area contributed by atoms with Crippen LogP contribution in [0.2, 0.25) is 5.02 Å². The van der Waals surface area contributed by atoms with Crippen LogP contribution in [-0.4, -0.2) is 17.0 Å². The monoisotopic (exact) mass is 267 g/mol. The summed E-state index contributed by atoms with van der Waals surface area (Å²) in [4.78, 5) is 8.18. The van der Waals surface area contributed by atoms with Gasteiger partial charge in [-0.2, -0.15) is 0 Å². The lowest BCUT2D eigenvalue weighted by atomic mass is 10.3. The lowest BCUT2D eigenvalue weighted by Crippen LogP contribution is -2.02. The van der Waals surface area contributed by atoms with Gasteiger partial charge in [0.25, 0.3) is 0 Å². The average Bonchev–Trinajstić information content (AvgIpc) is 2.39. The van der Waals surface area contributed by atoms with Crippen molar-refractivity contribution in [1.82, 2.24) is 9.97 Å². The Balaban J connectivity index is 2.06. The van der Waals surface area contributed by atoms with Gasteiger partial charge in [0, 0.05) is 7.05 Å². The lowest BCUT2D eigenvalue weighted by Gasteiger charge is -2.08. The largest absolute Gasteiger partial charge is 0.483 e. The summed E-state index contributed by atoms with van der Waals surface area (Å²) >= 11 is 5.83. The third-order valence-corrected chi connectivity index (χ3v) is 2.54. The number of nitrogens with zero attached hydrogens (tertiary/aromatic N) is 2. The van der Waals surface area contributed by atoms with Gasteiger partial charge in [-0.25, -0.2) is 9.37 Å². The molecule has 1 aromatic carbocycles. The maximum atomic E-state index is 13.4. The molecule has 0 saturated heterocycles. The van der Waals surface area contributed by atoms with Crippen molar-refractivity contribution in [3.8, 4) is 5.75 Å². The lowest BCUT2D eigenvalue weighted by molar-refractivity contribution is 0.285. The maximum absolute atomic E-state index is 13.4. The molecule has 1 N–H and O–H groups in total. The molecule has 0 saturated carbocycles. The fraction of sp³-hybridized carbons (Fsp3) is 0.167. The van der Waals surface area contributed by atoms with Crippen LogP contribution in [0.1, 0.15) is 5.69 Å². The first-order valence-electron chi connectivity index (χ1n) is 5.26. The summed E-state index contributed by atoms with van der Waals surface area (Å²) < 4.78 is 18.7. The second-order valence-corrected chi connectivity index (χ2v) is 3.89. The highest BCUT2D eigenvalue weighted by Gasteiger charge is 2.08. The predicted octanol–water partition coefficient (Wildman–Crippen LogP) is 2.89. The molecule has 94 valence electrons. The van der Waals surface area contributed by atoms with Gasteiger partial charge in [-0.05, 0) is 12.1 Å². The third kappa shape index (κ3) is 2.87. The van der Waals surface area contributed by atoms with E-state index in [0.717, 1.165) is 0 Å². The number of aromatic nitrogens is 2. The van der Waals surface area contributed by atoms with Crippen LogP contribution in [0, 0.1) is 5.82 Å². The van der Waals surface area contributed by atoms with Crippen molar-refractivity contribution in [2.75, 3.05) is 12.4 Å². The summed E-state index contributed by atoms with van der Waals surface area (Å²) in [5, 5.41) is 3.08. The Morgan fingerprint density at radius 2 is 2.17 bits per heavy atom. The van der Waals surface area contributed by atoms with E-state index in [1.165, 1.54) is 12.1 Å². The van der Waals surface area contributed by atoms with Gasteiger partial charge >= 0.3 is 0 Å². The Kier molecular flexibility index (Phi) is 3.94. The quantitative estimate of drug-likeness (QED) is 0.925. The molecule has 0 unspecified atom stereocenters. The van der Waals surface area contributed by atoms with E-state index in [1.807, 2.05) is 0 Å². The summed E-state index contributed by atoms with van der Waals surface area (Å²) in [6.07, 6.45) is 3.13. The summed E-state index contributed by atoms with van der Waals surface area (Å²) in [6.45, 7) is 0.109. The minimum Gasteiger partial charge on any atom is -0.483 e. The van der Waals surface area contributed by atoms with E-state index in [4.69, 9.17) is 16.3 Å². The number of hydrogen-bond acceptors (Lipinski definition) is 4. The maximum Gasteiger partial charge on any atom is 0.174 e. The number of halogens is 2. The van der Waals surface area contributed by atoms with Crippen molar-refractivity contribution in [1.29, 1.82) is 0 Å². The molecule has 0 aliphatic heterocycles. The molecule has 18 heavy (non-hydrogen) atoms. The van der Waals surface area contributed by atoms with Crippen LogP contribution < -0.4 is 10.1 Å². The van der Waals surface area contributed by atoms with Crippen LogP contribution in [0.4, 0.5) is 10.2 Å². The van der Waals surface area contributed by atoms with Gasteiger partial charge in [0.05, 0.1) is 23.1 Å². The molecule has 4 nitrogen and oxygen atoms in total. The highest BCUT2D eigenvalue weighted by molar-refractivity contribution is 6.32. The fourth-order valence-electron chi connectivity index (χ4n) is 1.32. The first-order valence-corrected chi connectivity index (χ1v) is 5.64. The molecule has 2 aromatic rings. The van der Waals surface area contributed by atoms with E-state index in [9.17, 15) is 4.39 Å². The molecule has 0 aliphatic carbocycles. The van der Waals surface area contributed by atoms with Crippen molar-refractivity contribution in [2.45, 2.75) is 6.61 Å². The summed E-state index contributed by atoms with van der Waals surface area (Å²) in [6, 6.07) is 4.37. The van der Waals surface area contributed by atoms with Crippen molar-refractivity contribution in [2.24, 2.45) is 0 Å². The van der Waals surface area contributed by atoms with E-state index >= 15 is 0 Å². The van der Waals surface area contributed by atoms with Crippen molar-refractivity contribution in [3.63, 3.8) is 0 Å². The Hall–Kier alpha value is -1.88. The molecule has 0 aliphatic rings. The van der Waals surface area contributed by atoms with Crippen molar-refractivity contribution >= 4 is 17.4 Å². The molecule has 1 aromatic heterocycles. The van der Waals surface area contributed by atoms with Crippen LogP contribution in [0.25, 0.3) is 0 Å². The van der Waals surface area contributed by atoms with Crippen LogP contribution in [0.5, 0.6) is 5.75 Å². The highest BCUT2D eigenvalue weighted by Crippen LogP contribution is 2.27. The molecule has 0 amide bonds. The predicted molar refractivity (Wildman–Crippen MR) is 67.3 cm³/mol. The van der Waals surface area contributed by atoms with Gasteiger partial charge in [-0.15, -0.1) is 0 Å². The Bertz CT molecular complexity index is 513. The van der Waals surface area contributed by atoms with E-state index in [2.05, 4.69) is 15.3 Å². The standard InChI is InChI=1S/C12H11ClFN3O/c1-15-11-6-16-8(5-17-11)7-18-12-9(13)3-2-4-10(12)14/h2-6H,7H2,1H3,(H,15,17). The van der Waals surface area contributed by atoms with Gasteiger partial charge in [-0.3, -0.25) is 4.98 Å². The van der Waals surface area contributed by atoms with Gasteiger partial charge in [0.15, 0.2) is 11.6 Å². The number of nitrogens with one attached hydrogen (secondary N) is 1. The fourth-order valence-corrected chi connectivity index (χ4v) is 1.54. The molecule has 0 bridgehead atoms. The molecular formula is C12H11ClFN3O. The Morgan fingerprint density at radius 1 is 1.33 bits per heavy atom. The molecule has 1 heterocycles. The molecule has 0 radical (unpaired) electrons. The van der Waals surface area contributed by atoms with Gasteiger partial charge in [0.2, 0.25) is 0 Å². The third-order valence-electron chi connectivity index (χ3n) is 2.24. The Morgan fingerprint density at radius 3 is 2.78 bits per heavy atom. The molecular weight excluding hydrogens is 257 g/mol. The van der Waals surface area contributed by atoms with Gasteiger partial charge in [-0.1, -0.05) is 17.7 Å². The number of rotatable bonds is 4. The molecule has 0 atom stereocenters. The van der Waals surface area contributed by atoms with Gasteiger partial charge in [0.1, 0.15) is 12.4 Å². The summed E-state index contributed by atoms with van der Waals surface area (Å²) in [5.74, 6) is 0.184. The first-order chi connectivity index (χ1) is 8.70. The zero-order chi connectivity index (χ0) is 13.0. The minimum atomic E-state index is -0.498. The molecule has 0 spiro atoms. The van der Waals surface area contributed by atoms with Crippen molar-refractivity contribution < 1.29 is 9.13 Å². The van der Waals surface area contributed by atoms with Crippen molar-refractivity contribution in [3.05, 3.63) is 47.1 Å². The second-order valence-electron chi connectivity index (χ2n) is 3.48. The topological polar surface area (TPSA) is 47.0 Å². The smallest absolute Gasteiger partial charge is 0.174 e. The summed E-state index contributed by atoms with van der Waals surface area (Å²) in [5.41, 5.74) is 0.591. The number of benzene rings is 1. The van der Waals surface area contributed by atoms with Crippen LogP contribution in [-0.2, 0) is 6.61 Å². The van der Waals surface area contributed by atoms with E-state index < -0.39 is 5.82 Å². The van der Waals surface area contributed by atoms with E-state index in [1.54, 1.807) is 25.5 Å². The number of anilines is 1. The summed E-state index contributed by atoms with van der Waals surface area (Å²) in [7, 11) is 1.75. The number of para-hydroxylation sites is 1. The van der Waals surface area contributed by atoms with Crippen LogP contribution in [0.15, 0.2) is 30.6 Å². The number of hydrogen-bond donors (Lipinski definition) is 1. The zero-order valence-corrected chi connectivity index (χ0v) is 10.4. The SMILES string of the molecule is CNc1cnc(COc2c(F)cccc2Cl)cn1. The average molecular weight is 268 g/mol. The highest BCUT2D eigenvalue weighted by atomic mass is 35.5.